The molecule has 0 fully saturated rings. The number of unbranched alkanes of at least 4 members (excludes halogenated alkanes) is 22. The van der Waals surface area contributed by atoms with Gasteiger partial charge in [0.25, 0.3) is 0 Å². The van der Waals surface area contributed by atoms with E-state index in [2.05, 4.69) is 49.9 Å². The topological polar surface area (TPSA) is 3.24 Å². The number of rotatable bonds is 27. The Labute approximate surface area is 228 Å². The largest absolute Gasteiger partial charge is 0.372 e. The molecular weight excluding hydrogens is 434 g/mol. The molecule has 0 bridgehead atoms. The molecule has 36 heavy (non-hydrogen) atoms. The molecule has 0 spiro atoms. The van der Waals surface area contributed by atoms with Gasteiger partial charge >= 0.3 is 0 Å². The van der Waals surface area contributed by atoms with Gasteiger partial charge in [0, 0.05) is 18.8 Å². The minimum Gasteiger partial charge on any atom is -0.372 e. The third kappa shape index (κ3) is 20.1. The summed E-state index contributed by atoms with van der Waals surface area (Å²) in [6.07, 6.45) is 34.3. The van der Waals surface area contributed by atoms with E-state index in [9.17, 15) is 0 Å². The SMILES string of the molecule is CCCCCCCCCCCCCCCCCCN(CCCCCCCCCC)c1ccc(C)cc1. The number of anilines is 1. The van der Waals surface area contributed by atoms with Crippen molar-refractivity contribution >= 4 is 5.69 Å². The summed E-state index contributed by atoms with van der Waals surface area (Å²) >= 11 is 0. The molecule has 0 saturated carbocycles. The lowest BCUT2D eigenvalue weighted by Crippen LogP contribution is -2.25. The van der Waals surface area contributed by atoms with E-state index in [-0.39, 0.29) is 0 Å². The minimum absolute atomic E-state index is 1.23. The Morgan fingerprint density at radius 2 is 0.667 bits per heavy atom. The average molecular weight is 500 g/mol. The molecule has 0 unspecified atom stereocenters. The van der Waals surface area contributed by atoms with Crippen molar-refractivity contribution in [1.29, 1.82) is 0 Å². The van der Waals surface area contributed by atoms with Gasteiger partial charge in [-0.3, -0.25) is 0 Å². The Kier molecular flexibility index (Phi) is 23.6. The monoisotopic (exact) mass is 500 g/mol. The predicted octanol–water partition coefficient (Wildman–Crippen LogP) is 12.2. The molecule has 1 nitrogen and oxygen atoms in total. The molecule has 0 saturated heterocycles. The zero-order chi connectivity index (χ0) is 25.9. The smallest absolute Gasteiger partial charge is 0.0366 e. The Bertz CT molecular complexity index is 548. The molecule has 1 aromatic rings. The van der Waals surface area contributed by atoms with E-state index in [0.717, 1.165) is 0 Å². The first kappa shape index (κ1) is 33.0. The quantitative estimate of drug-likeness (QED) is 0.109. The first-order chi connectivity index (χ1) is 17.8. The highest BCUT2D eigenvalue weighted by molar-refractivity contribution is 5.47. The number of hydrogen-bond donors (Lipinski definition) is 0. The van der Waals surface area contributed by atoms with E-state index in [4.69, 9.17) is 0 Å². The van der Waals surface area contributed by atoms with E-state index in [1.54, 1.807) is 0 Å². The molecule has 0 radical (unpaired) electrons. The van der Waals surface area contributed by atoms with Gasteiger partial charge < -0.3 is 4.90 Å². The second kappa shape index (κ2) is 25.7. The van der Waals surface area contributed by atoms with Crippen LogP contribution in [0.4, 0.5) is 5.69 Å². The summed E-state index contributed by atoms with van der Waals surface area (Å²) in [5.74, 6) is 0. The number of nitrogens with zero attached hydrogens (tertiary/aromatic N) is 1. The van der Waals surface area contributed by atoms with Crippen molar-refractivity contribution in [3.63, 3.8) is 0 Å². The van der Waals surface area contributed by atoms with Gasteiger partial charge in [-0.15, -0.1) is 0 Å². The molecule has 0 N–H and O–H groups in total. The molecule has 0 amide bonds. The van der Waals surface area contributed by atoms with Crippen molar-refractivity contribution in [2.24, 2.45) is 0 Å². The molecule has 0 aliphatic heterocycles. The van der Waals surface area contributed by atoms with Gasteiger partial charge in [0.05, 0.1) is 0 Å². The summed E-state index contributed by atoms with van der Waals surface area (Å²) < 4.78 is 0. The lowest BCUT2D eigenvalue weighted by Gasteiger charge is -2.25. The third-order valence-corrected chi connectivity index (χ3v) is 7.96. The van der Waals surface area contributed by atoms with Gasteiger partial charge in [-0.25, -0.2) is 0 Å². The molecule has 1 rings (SSSR count). The average Bonchev–Trinajstić information content (AvgIpc) is 2.89. The van der Waals surface area contributed by atoms with Crippen LogP contribution >= 0.6 is 0 Å². The van der Waals surface area contributed by atoms with E-state index >= 15 is 0 Å². The van der Waals surface area contributed by atoms with Gasteiger partial charge in [0.1, 0.15) is 0 Å². The number of hydrogen-bond acceptors (Lipinski definition) is 1. The Morgan fingerprint density at radius 1 is 0.389 bits per heavy atom. The summed E-state index contributed by atoms with van der Waals surface area (Å²) in [7, 11) is 0. The maximum atomic E-state index is 2.67. The first-order valence-electron chi connectivity index (χ1n) is 16.6. The van der Waals surface area contributed by atoms with Gasteiger partial charge in [-0.1, -0.05) is 173 Å². The van der Waals surface area contributed by atoms with Gasteiger partial charge in [-0.2, -0.15) is 0 Å². The minimum atomic E-state index is 1.23. The van der Waals surface area contributed by atoms with E-state index in [1.165, 1.54) is 178 Å². The second-order valence-corrected chi connectivity index (χ2v) is 11.6. The van der Waals surface area contributed by atoms with Crippen molar-refractivity contribution in [1.82, 2.24) is 0 Å². The summed E-state index contributed by atoms with van der Waals surface area (Å²) in [5, 5.41) is 0. The predicted molar refractivity (Wildman–Crippen MR) is 166 cm³/mol. The van der Waals surface area contributed by atoms with Gasteiger partial charge in [0.15, 0.2) is 0 Å². The van der Waals surface area contributed by atoms with E-state index < -0.39 is 0 Å². The van der Waals surface area contributed by atoms with Crippen LogP contribution in [0.2, 0.25) is 0 Å². The van der Waals surface area contributed by atoms with Crippen molar-refractivity contribution in [3.8, 4) is 0 Å². The molecule has 1 aromatic carbocycles. The third-order valence-electron chi connectivity index (χ3n) is 7.96. The molecule has 0 aromatic heterocycles. The van der Waals surface area contributed by atoms with Crippen LogP contribution in [0.1, 0.15) is 174 Å². The lowest BCUT2D eigenvalue weighted by molar-refractivity contribution is 0.527. The van der Waals surface area contributed by atoms with E-state index in [0.29, 0.717) is 0 Å². The van der Waals surface area contributed by atoms with Crippen molar-refractivity contribution in [3.05, 3.63) is 29.8 Å². The highest BCUT2D eigenvalue weighted by Gasteiger charge is 2.06. The zero-order valence-electron chi connectivity index (χ0n) is 25.1. The highest BCUT2D eigenvalue weighted by Crippen LogP contribution is 2.19. The molecular formula is C35H65N. The second-order valence-electron chi connectivity index (χ2n) is 11.6. The normalized spacial score (nSPS) is 11.3. The number of aryl methyl sites for hydroxylation is 1. The van der Waals surface area contributed by atoms with Crippen molar-refractivity contribution in [2.45, 2.75) is 175 Å². The van der Waals surface area contributed by atoms with Crippen molar-refractivity contribution in [2.75, 3.05) is 18.0 Å². The van der Waals surface area contributed by atoms with Crippen LogP contribution in [0.5, 0.6) is 0 Å². The Morgan fingerprint density at radius 3 is 0.972 bits per heavy atom. The Balaban J connectivity index is 2.05. The molecule has 1 heteroatoms. The fraction of sp³-hybridized carbons (Fsp3) is 0.829. The molecule has 210 valence electrons. The van der Waals surface area contributed by atoms with Crippen LogP contribution in [-0.4, -0.2) is 13.1 Å². The first-order valence-corrected chi connectivity index (χ1v) is 16.6. The fourth-order valence-electron chi connectivity index (χ4n) is 5.41. The zero-order valence-corrected chi connectivity index (χ0v) is 25.1. The summed E-state index contributed by atoms with van der Waals surface area (Å²) in [5.41, 5.74) is 2.80. The van der Waals surface area contributed by atoms with Crippen molar-refractivity contribution < 1.29 is 0 Å². The molecule has 0 heterocycles. The van der Waals surface area contributed by atoms with Crippen LogP contribution in [0.15, 0.2) is 24.3 Å². The molecule has 0 aliphatic rings. The fourth-order valence-corrected chi connectivity index (χ4v) is 5.41. The summed E-state index contributed by atoms with van der Waals surface area (Å²) in [6, 6.07) is 9.24. The lowest BCUT2D eigenvalue weighted by atomic mass is 10.0. The molecule has 0 aliphatic carbocycles. The van der Waals surface area contributed by atoms with E-state index in [1.807, 2.05) is 0 Å². The summed E-state index contributed by atoms with van der Waals surface area (Å²) in [4.78, 5) is 2.67. The molecule has 0 atom stereocenters. The maximum Gasteiger partial charge on any atom is 0.0366 e. The van der Waals surface area contributed by atoms with Gasteiger partial charge in [-0.05, 0) is 31.9 Å². The standard InChI is InChI=1S/C35H65N/c1-4-6-8-10-12-14-15-16-17-18-19-20-21-23-25-27-33-36(35-30-28-34(3)29-31-35)32-26-24-22-13-11-9-7-5-2/h28-31H,4-27,32-33H2,1-3H3. The van der Waals surface area contributed by atoms with Crippen LogP contribution in [0.3, 0.4) is 0 Å². The van der Waals surface area contributed by atoms with Crippen LogP contribution in [0.25, 0.3) is 0 Å². The van der Waals surface area contributed by atoms with Crippen LogP contribution < -0.4 is 4.90 Å². The Hall–Kier alpha value is -0.980. The van der Waals surface area contributed by atoms with Crippen LogP contribution in [0, 0.1) is 6.92 Å². The maximum absolute atomic E-state index is 2.67. The number of benzene rings is 1. The summed E-state index contributed by atoms with van der Waals surface area (Å²) in [6.45, 7) is 9.27. The highest BCUT2D eigenvalue weighted by atomic mass is 15.1. The van der Waals surface area contributed by atoms with Crippen LogP contribution in [-0.2, 0) is 0 Å². The van der Waals surface area contributed by atoms with Gasteiger partial charge in [0.2, 0.25) is 0 Å².